The Balaban J connectivity index is 2.10. The maximum atomic E-state index is 9.73. The molecule has 2 atom stereocenters. The van der Waals surface area contributed by atoms with E-state index in [2.05, 4.69) is 12.1 Å². The Morgan fingerprint density at radius 3 is 2.80 bits per heavy atom. The first-order valence-electron chi connectivity index (χ1n) is 5.37. The van der Waals surface area contributed by atoms with Crippen LogP contribution in [0.25, 0.3) is 0 Å². The smallest absolute Gasteiger partial charge is 0.0662 e. The number of hydrogen-bond donors (Lipinski definition) is 2. The highest BCUT2D eigenvalue weighted by atomic mass is 32.2. The maximum Gasteiger partial charge on any atom is 0.0662 e. The van der Waals surface area contributed by atoms with Crippen molar-refractivity contribution >= 4 is 17.4 Å². The lowest BCUT2D eigenvalue weighted by Crippen LogP contribution is -2.15. The van der Waals surface area contributed by atoms with E-state index in [1.165, 1.54) is 5.56 Å². The zero-order chi connectivity index (χ0) is 10.8. The number of rotatable bonds is 2. The fourth-order valence-corrected chi connectivity index (χ4v) is 3.23. The molecular weight excluding hydrogens is 206 g/mol. The van der Waals surface area contributed by atoms with Crippen LogP contribution in [0, 0.1) is 6.92 Å². The quantitative estimate of drug-likeness (QED) is 0.758. The molecule has 0 aliphatic heterocycles. The van der Waals surface area contributed by atoms with E-state index in [1.54, 1.807) is 11.8 Å². The van der Waals surface area contributed by atoms with E-state index in [1.807, 2.05) is 13.0 Å². The van der Waals surface area contributed by atoms with Gasteiger partial charge < -0.3 is 10.8 Å². The van der Waals surface area contributed by atoms with E-state index in [4.69, 9.17) is 5.73 Å². The van der Waals surface area contributed by atoms with E-state index < -0.39 is 0 Å². The molecule has 3 heteroatoms. The van der Waals surface area contributed by atoms with Gasteiger partial charge in [-0.15, -0.1) is 11.8 Å². The molecule has 82 valence electrons. The molecule has 0 amide bonds. The average molecular weight is 223 g/mol. The summed E-state index contributed by atoms with van der Waals surface area (Å²) in [4.78, 5) is 1.10. The zero-order valence-electron chi connectivity index (χ0n) is 8.94. The van der Waals surface area contributed by atoms with Gasteiger partial charge in [-0.3, -0.25) is 0 Å². The number of thioether (sulfide) groups is 1. The molecular formula is C12H17NOS. The number of hydrogen-bond acceptors (Lipinski definition) is 3. The predicted molar refractivity (Wildman–Crippen MR) is 65.1 cm³/mol. The van der Waals surface area contributed by atoms with Crippen molar-refractivity contribution in [2.75, 3.05) is 5.73 Å². The van der Waals surface area contributed by atoms with Crippen molar-refractivity contribution in [3.05, 3.63) is 23.8 Å². The van der Waals surface area contributed by atoms with Gasteiger partial charge in [0.25, 0.3) is 0 Å². The molecule has 0 aromatic heterocycles. The highest BCUT2D eigenvalue weighted by Gasteiger charge is 2.26. The Morgan fingerprint density at radius 2 is 2.20 bits per heavy atom. The van der Waals surface area contributed by atoms with Crippen molar-refractivity contribution in [2.45, 2.75) is 42.4 Å². The average Bonchev–Trinajstić information content (AvgIpc) is 2.57. The molecule has 0 bridgehead atoms. The highest BCUT2D eigenvalue weighted by Crippen LogP contribution is 2.37. The molecule has 1 aliphatic rings. The normalized spacial score (nSPS) is 25.7. The minimum atomic E-state index is -0.157. The van der Waals surface area contributed by atoms with Gasteiger partial charge in [0, 0.05) is 15.8 Å². The molecule has 2 rings (SSSR count). The van der Waals surface area contributed by atoms with Crippen molar-refractivity contribution < 1.29 is 5.11 Å². The van der Waals surface area contributed by atoms with Gasteiger partial charge in [-0.2, -0.15) is 0 Å². The zero-order valence-corrected chi connectivity index (χ0v) is 9.76. The van der Waals surface area contributed by atoms with Gasteiger partial charge in [0.2, 0.25) is 0 Å². The van der Waals surface area contributed by atoms with Crippen LogP contribution in [0.2, 0.25) is 0 Å². The summed E-state index contributed by atoms with van der Waals surface area (Å²) in [6.07, 6.45) is 3.00. The van der Waals surface area contributed by atoms with Crippen LogP contribution in [0.5, 0.6) is 0 Å². The molecule has 0 saturated heterocycles. The number of aliphatic hydroxyl groups is 1. The summed E-state index contributed by atoms with van der Waals surface area (Å²) in [5.74, 6) is 0. The Morgan fingerprint density at radius 1 is 1.40 bits per heavy atom. The second kappa shape index (κ2) is 4.45. The third-order valence-electron chi connectivity index (χ3n) is 2.86. The maximum absolute atomic E-state index is 9.73. The second-order valence-electron chi connectivity index (χ2n) is 4.20. The second-order valence-corrected chi connectivity index (χ2v) is 5.48. The summed E-state index contributed by atoms with van der Waals surface area (Å²) in [6, 6.07) is 6.12. The van der Waals surface area contributed by atoms with Crippen LogP contribution in [0.15, 0.2) is 23.1 Å². The third kappa shape index (κ3) is 2.47. The molecule has 0 radical (unpaired) electrons. The molecule has 1 aliphatic carbocycles. The van der Waals surface area contributed by atoms with Gasteiger partial charge in [0.1, 0.15) is 0 Å². The fourth-order valence-electron chi connectivity index (χ4n) is 1.98. The van der Waals surface area contributed by atoms with Gasteiger partial charge in [0.05, 0.1) is 6.10 Å². The molecule has 0 heterocycles. The molecule has 1 aromatic carbocycles. The number of aryl methyl sites for hydroxylation is 1. The Hall–Kier alpha value is -0.670. The Kier molecular flexibility index (Phi) is 3.22. The number of aliphatic hydroxyl groups excluding tert-OH is 1. The van der Waals surface area contributed by atoms with Crippen LogP contribution < -0.4 is 5.73 Å². The molecule has 3 N–H and O–H groups in total. The summed E-state index contributed by atoms with van der Waals surface area (Å²) in [5, 5.41) is 10.1. The standard InChI is InChI=1S/C12H17NOS/c1-8-5-6-11(9(13)7-8)15-12-4-2-3-10(12)14/h5-7,10,12,14H,2-4,13H2,1H3. The first-order valence-corrected chi connectivity index (χ1v) is 6.25. The Labute approximate surface area is 94.9 Å². The van der Waals surface area contributed by atoms with Gasteiger partial charge in [-0.05, 0) is 43.9 Å². The van der Waals surface area contributed by atoms with Crippen LogP contribution in [-0.4, -0.2) is 16.5 Å². The van der Waals surface area contributed by atoms with E-state index in [9.17, 15) is 5.11 Å². The number of anilines is 1. The van der Waals surface area contributed by atoms with Crippen molar-refractivity contribution in [1.82, 2.24) is 0 Å². The van der Waals surface area contributed by atoms with Gasteiger partial charge in [-0.25, -0.2) is 0 Å². The number of nitrogens with two attached hydrogens (primary N) is 1. The topological polar surface area (TPSA) is 46.2 Å². The minimum absolute atomic E-state index is 0.157. The number of nitrogen functional groups attached to an aromatic ring is 1. The lowest BCUT2D eigenvalue weighted by Gasteiger charge is -2.15. The number of benzene rings is 1. The van der Waals surface area contributed by atoms with Crippen molar-refractivity contribution in [3.8, 4) is 0 Å². The van der Waals surface area contributed by atoms with Gasteiger partial charge in [-0.1, -0.05) is 6.07 Å². The lowest BCUT2D eigenvalue weighted by atomic mass is 10.2. The summed E-state index contributed by atoms with van der Waals surface area (Å²) in [7, 11) is 0. The Bertz CT molecular complexity index is 353. The van der Waals surface area contributed by atoms with Gasteiger partial charge in [0.15, 0.2) is 0 Å². The minimum Gasteiger partial charge on any atom is -0.398 e. The first-order chi connectivity index (χ1) is 7.16. The summed E-state index contributed by atoms with van der Waals surface area (Å²) >= 11 is 1.72. The van der Waals surface area contributed by atoms with Crippen LogP contribution in [0.4, 0.5) is 5.69 Å². The van der Waals surface area contributed by atoms with Crippen molar-refractivity contribution in [1.29, 1.82) is 0 Å². The van der Waals surface area contributed by atoms with Crippen LogP contribution in [0.3, 0.4) is 0 Å². The molecule has 1 aromatic rings. The van der Waals surface area contributed by atoms with Crippen molar-refractivity contribution in [2.24, 2.45) is 0 Å². The summed E-state index contributed by atoms with van der Waals surface area (Å²) in [6.45, 7) is 2.04. The SMILES string of the molecule is Cc1ccc(SC2CCCC2O)c(N)c1. The van der Waals surface area contributed by atoms with Crippen LogP contribution in [0.1, 0.15) is 24.8 Å². The van der Waals surface area contributed by atoms with E-state index in [0.717, 1.165) is 29.8 Å². The third-order valence-corrected chi connectivity index (χ3v) is 4.34. The summed E-state index contributed by atoms with van der Waals surface area (Å²) < 4.78 is 0. The van der Waals surface area contributed by atoms with E-state index in [0.29, 0.717) is 5.25 Å². The molecule has 1 fully saturated rings. The monoisotopic (exact) mass is 223 g/mol. The van der Waals surface area contributed by atoms with Crippen LogP contribution >= 0.6 is 11.8 Å². The predicted octanol–water partition coefficient (Wildman–Crippen LogP) is 2.58. The highest BCUT2D eigenvalue weighted by molar-refractivity contribution is 8.00. The largest absolute Gasteiger partial charge is 0.398 e. The van der Waals surface area contributed by atoms with Crippen LogP contribution in [-0.2, 0) is 0 Å². The molecule has 2 nitrogen and oxygen atoms in total. The fraction of sp³-hybridized carbons (Fsp3) is 0.500. The van der Waals surface area contributed by atoms with E-state index >= 15 is 0 Å². The van der Waals surface area contributed by atoms with E-state index in [-0.39, 0.29) is 6.10 Å². The van der Waals surface area contributed by atoms with Gasteiger partial charge >= 0.3 is 0 Å². The van der Waals surface area contributed by atoms with Crippen molar-refractivity contribution in [3.63, 3.8) is 0 Å². The first kappa shape index (κ1) is 10.8. The molecule has 0 spiro atoms. The molecule has 2 unspecified atom stereocenters. The lowest BCUT2D eigenvalue weighted by molar-refractivity contribution is 0.188. The molecule has 15 heavy (non-hydrogen) atoms. The molecule has 1 saturated carbocycles. The summed E-state index contributed by atoms with van der Waals surface area (Å²) in [5.41, 5.74) is 7.96.